The van der Waals surface area contributed by atoms with Crippen molar-refractivity contribution < 1.29 is 4.39 Å². The summed E-state index contributed by atoms with van der Waals surface area (Å²) in [7, 11) is 0. The summed E-state index contributed by atoms with van der Waals surface area (Å²) in [5, 5.41) is 4.31. The second-order valence-electron chi connectivity index (χ2n) is 4.52. The van der Waals surface area contributed by atoms with Gasteiger partial charge in [0, 0.05) is 23.1 Å². The Morgan fingerprint density at radius 3 is 2.94 bits per heavy atom. The molecule has 0 aromatic heterocycles. The lowest BCUT2D eigenvalue weighted by Gasteiger charge is -2.19. The number of rotatable bonds is 3. The van der Waals surface area contributed by atoms with Crippen molar-refractivity contribution in [3.63, 3.8) is 0 Å². The van der Waals surface area contributed by atoms with E-state index in [1.165, 1.54) is 18.2 Å². The van der Waals surface area contributed by atoms with Gasteiger partial charge in [0.2, 0.25) is 0 Å². The fraction of sp³-hybridized carbons (Fsp3) is 0.538. The summed E-state index contributed by atoms with van der Waals surface area (Å²) in [5.74, 6) is 1.01. The molecule has 2 unspecified atom stereocenters. The Labute approximate surface area is 101 Å². The number of hydrogen-bond donors (Lipinski definition) is 1. The first-order valence-corrected chi connectivity index (χ1v) is 6.83. The van der Waals surface area contributed by atoms with Crippen molar-refractivity contribution in [3.05, 3.63) is 35.6 Å². The first-order valence-electron chi connectivity index (χ1n) is 5.78. The maximum absolute atomic E-state index is 13.1. The second kappa shape index (κ2) is 5.19. The van der Waals surface area contributed by atoms with Crippen molar-refractivity contribution in [3.8, 4) is 0 Å². The zero-order valence-corrected chi connectivity index (χ0v) is 10.6. The van der Waals surface area contributed by atoms with Crippen molar-refractivity contribution in [1.29, 1.82) is 0 Å². The monoisotopic (exact) mass is 239 g/mol. The van der Waals surface area contributed by atoms with Crippen LogP contribution in [0, 0.1) is 5.82 Å². The average molecular weight is 239 g/mol. The molecule has 0 spiro atoms. The van der Waals surface area contributed by atoms with Crippen LogP contribution in [0.5, 0.6) is 0 Å². The van der Waals surface area contributed by atoms with Crippen molar-refractivity contribution in [2.75, 3.05) is 5.75 Å². The van der Waals surface area contributed by atoms with E-state index >= 15 is 0 Å². The van der Waals surface area contributed by atoms with E-state index < -0.39 is 0 Å². The first kappa shape index (κ1) is 11.9. The van der Waals surface area contributed by atoms with E-state index in [2.05, 4.69) is 19.2 Å². The van der Waals surface area contributed by atoms with Gasteiger partial charge in [-0.25, -0.2) is 4.39 Å². The van der Waals surface area contributed by atoms with Gasteiger partial charge in [0.05, 0.1) is 0 Å². The Hall–Kier alpha value is -0.540. The van der Waals surface area contributed by atoms with Crippen LogP contribution < -0.4 is 5.32 Å². The molecular weight excluding hydrogens is 221 g/mol. The molecular formula is C13H18FNS. The third-order valence-electron chi connectivity index (χ3n) is 3.03. The summed E-state index contributed by atoms with van der Waals surface area (Å²) in [5.41, 5.74) is 1.03. The standard InChI is InChI=1S/C13H18FNS/c1-9-6-13(8-16-9)15-10(2)11-4-3-5-12(14)7-11/h3-5,7,9-10,13,15H,6,8H2,1-2H3/t9?,10-,13?/m0/s1. The Kier molecular flexibility index (Phi) is 3.87. The van der Waals surface area contributed by atoms with Gasteiger partial charge >= 0.3 is 0 Å². The molecule has 3 atom stereocenters. The normalized spacial score (nSPS) is 26.9. The van der Waals surface area contributed by atoms with Crippen molar-refractivity contribution >= 4 is 11.8 Å². The van der Waals surface area contributed by atoms with Crippen LogP contribution in [-0.4, -0.2) is 17.0 Å². The van der Waals surface area contributed by atoms with Gasteiger partial charge in [0.15, 0.2) is 0 Å². The number of halogens is 1. The molecule has 1 nitrogen and oxygen atoms in total. The minimum atomic E-state index is -0.152. The molecule has 88 valence electrons. The number of nitrogens with one attached hydrogen (secondary N) is 1. The Balaban J connectivity index is 1.95. The highest BCUT2D eigenvalue weighted by molar-refractivity contribution is 8.00. The van der Waals surface area contributed by atoms with Crippen LogP contribution in [0.25, 0.3) is 0 Å². The Morgan fingerprint density at radius 1 is 1.50 bits per heavy atom. The molecule has 0 amide bonds. The minimum absolute atomic E-state index is 0.152. The molecule has 0 saturated carbocycles. The van der Waals surface area contributed by atoms with E-state index in [1.54, 1.807) is 12.1 Å². The molecule has 1 aromatic rings. The van der Waals surface area contributed by atoms with Crippen molar-refractivity contribution in [2.45, 2.75) is 37.6 Å². The molecule has 1 N–H and O–H groups in total. The largest absolute Gasteiger partial charge is 0.307 e. The van der Waals surface area contributed by atoms with Gasteiger partial charge in [-0.05, 0) is 31.0 Å². The van der Waals surface area contributed by atoms with Crippen molar-refractivity contribution in [1.82, 2.24) is 5.32 Å². The minimum Gasteiger partial charge on any atom is -0.307 e. The van der Waals surface area contributed by atoms with Crippen LogP contribution in [0.4, 0.5) is 4.39 Å². The quantitative estimate of drug-likeness (QED) is 0.868. The predicted molar refractivity (Wildman–Crippen MR) is 68.3 cm³/mol. The molecule has 1 saturated heterocycles. The average Bonchev–Trinajstić information content (AvgIpc) is 2.64. The molecule has 1 aromatic carbocycles. The Morgan fingerprint density at radius 2 is 2.31 bits per heavy atom. The van der Waals surface area contributed by atoms with Crippen LogP contribution in [-0.2, 0) is 0 Å². The highest BCUT2D eigenvalue weighted by atomic mass is 32.2. The summed E-state index contributed by atoms with van der Waals surface area (Å²) in [4.78, 5) is 0. The summed E-state index contributed by atoms with van der Waals surface area (Å²) in [6.45, 7) is 4.36. The topological polar surface area (TPSA) is 12.0 Å². The summed E-state index contributed by atoms with van der Waals surface area (Å²) >= 11 is 2.01. The predicted octanol–water partition coefficient (Wildman–Crippen LogP) is 3.37. The molecule has 16 heavy (non-hydrogen) atoms. The van der Waals surface area contributed by atoms with Gasteiger partial charge in [0.1, 0.15) is 5.82 Å². The van der Waals surface area contributed by atoms with E-state index in [4.69, 9.17) is 0 Å². The van der Waals surface area contributed by atoms with E-state index in [0.717, 1.165) is 10.8 Å². The Bertz CT molecular complexity index is 356. The van der Waals surface area contributed by atoms with E-state index in [-0.39, 0.29) is 11.9 Å². The molecule has 1 aliphatic heterocycles. The smallest absolute Gasteiger partial charge is 0.123 e. The van der Waals surface area contributed by atoms with Gasteiger partial charge in [-0.2, -0.15) is 11.8 Å². The number of benzene rings is 1. The zero-order valence-electron chi connectivity index (χ0n) is 9.74. The lowest BCUT2D eigenvalue weighted by atomic mass is 10.1. The van der Waals surface area contributed by atoms with E-state index in [1.807, 2.05) is 17.8 Å². The van der Waals surface area contributed by atoms with Gasteiger partial charge in [-0.1, -0.05) is 19.1 Å². The summed E-state index contributed by atoms with van der Waals surface area (Å²) in [6.07, 6.45) is 1.21. The number of thioether (sulfide) groups is 1. The van der Waals surface area contributed by atoms with Crippen LogP contribution in [0.15, 0.2) is 24.3 Å². The van der Waals surface area contributed by atoms with Gasteiger partial charge < -0.3 is 5.32 Å². The summed E-state index contributed by atoms with van der Waals surface area (Å²) < 4.78 is 13.1. The van der Waals surface area contributed by atoms with E-state index in [9.17, 15) is 4.39 Å². The van der Waals surface area contributed by atoms with Gasteiger partial charge in [0.25, 0.3) is 0 Å². The maximum atomic E-state index is 13.1. The first-order chi connectivity index (χ1) is 7.65. The van der Waals surface area contributed by atoms with Gasteiger partial charge in [-0.15, -0.1) is 0 Å². The fourth-order valence-electron chi connectivity index (χ4n) is 2.16. The summed E-state index contributed by atoms with van der Waals surface area (Å²) in [6, 6.07) is 7.65. The molecule has 1 fully saturated rings. The third kappa shape index (κ3) is 2.98. The lowest BCUT2D eigenvalue weighted by Crippen LogP contribution is -2.31. The SMILES string of the molecule is CC1CC(N[C@@H](C)c2cccc(F)c2)CS1. The zero-order chi connectivity index (χ0) is 11.5. The molecule has 1 aliphatic rings. The molecule has 0 aliphatic carbocycles. The molecule has 3 heteroatoms. The van der Waals surface area contributed by atoms with E-state index in [0.29, 0.717) is 6.04 Å². The third-order valence-corrected chi connectivity index (χ3v) is 4.39. The lowest BCUT2D eigenvalue weighted by molar-refractivity contribution is 0.472. The van der Waals surface area contributed by atoms with Crippen LogP contribution in [0.3, 0.4) is 0 Å². The van der Waals surface area contributed by atoms with Crippen LogP contribution in [0.1, 0.15) is 31.9 Å². The van der Waals surface area contributed by atoms with Crippen LogP contribution in [0.2, 0.25) is 0 Å². The fourth-order valence-corrected chi connectivity index (χ4v) is 3.32. The molecule has 0 radical (unpaired) electrons. The molecule has 0 bridgehead atoms. The van der Waals surface area contributed by atoms with Gasteiger partial charge in [-0.3, -0.25) is 0 Å². The second-order valence-corrected chi connectivity index (χ2v) is 5.99. The molecule has 1 heterocycles. The van der Waals surface area contributed by atoms with Crippen LogP contribution >= 0.6 is 11.8 Å². The maximum Gasteiger partial charge on any atom is 0.123 e. The molecule has 2 rings (SSSR count). The number of hydrogen-bond acceptors (Lipinski definition) is 2. The highest BCUT2D eigenvalue weighted by Crippen LogP contribution is 2.27. The highest BCUT2D eigenvalue weighted by Gasteiger charge is 2.23. The van der Waals surface area contributed by atoms with Crippen molar-refractivity contribution in [2.24, 2.45) is 0 Å².